The van der Waals surface area contributed by atoms with Gasteiger partial charge in [0.2, 0.25) is 0 Å². The van der Waals surface area contributed by atoms with Gasteiger partial charge in [0.25, 0.3) is 5.91 Å². The highest BCUT2D eigenvalue weighted by Crippen LogP contribution is 2.32. The molecule has 3 aromatic rings. The first-order valence-corrected chi connectivity index (χ1v) is 10.5. The third-order valence-corrected chi connectivity index (χ3v) is 5.98. The fourth-order valence-electron chi connectivity index (χ4n) is 3.56. The lowest BCUT2D eigenvalue weighted by molar-refractivity contribution is -0.126. The van der Waals surface area contributed by atoms with Crippen molar-refractivity contribution >= 4 is 28.9 Å². The lowest BCUT2D eigenvalue weighted by Crippen LogP contribution is -2.43. The zero-order valence-corrected chi connectivity index (χ0v) is 17.4. The number of esters is 1. The highest BCUT2D eigenvalue weighted by molar-refractivity contribution is 7.13. The highest BCUT2D eigenvalue weighted by Gasteiger charge is 2.34. The number of benzene rings is 2. The maximum Gasteiger partial charge on any atom is 0.358 e. The molecule has 0 spiro atoms. The van der Waals surface area contributed by atoms with Crippen molar-refractivity contribution in [2.75, 3.05) is 4.90 Å². The van der Waals surface area contributed by atoms with Gasteiger partial charge in [-0.25, -0.2) is 9.78 Å². The predicted molar refractivity (Wildman–Crippen MR) is 114 cm³/mol. The number of thiazole rings is 1. The largest absolute Gasteiger partial charge is 0.448 e. The van der Waals surface area contributed by atoms with Gasteiger partial charge in [0.15, 0.2) is 11.8 Å². The summed E-state index contributed by atoms with van der Waals surface area (Å²) in [7, 11) is 0. The third kappa shape index (κ3) is 3.80. The van der Waals surface area contributed by atoms with Crippen molar-refractivity contribution in [1.29, 1.82) is 0 Å². The molecule has 0 fully saturated rings. The molecule has 1 aliphatic heterocycles. The van der Waals surface area contributed by atoms with Gasteiger partial charge >= 0.3 is 5.97 Å². The summed E-state index contributed by atoms with van der Waals surface area (Å²) in [4.78, 5) is 31.6. The number of carbonyl (C=O) groups excluding carboxylic acids is 2. The van der Waals surface area contributed by atoms with Crippen molar-refractivity contribution in [1.82, 2.24) is 4.98 Å². The summed E-state index contributed by atoms with van der Waals surface area (Å²) in [6.45, 7) is 5.63. The van der Waals surface area contributed by atoms with Crippen LogP contribution >= 0.6 is 11.3 Å². The molecule has 29 heavy (non-hydrogen) atoms. The van der Waals surface area contributed by atoms with Crippen LogP contribution in [0, 0.1) is 6.92 Å². The Morgan fingerprint density at radius 3 is 2.66 bits per heavy atom. The molecule has 148 valence electrons. The number of ether oxygens (including phenoxy) is 1. The van der Waals surface area contributed by atoms with E-state index in [1.54, 1.807) is 17.2 Å². The topological polar surface area (TPSA) is 59.5 Å². The second kappa shape index (κ2) is 7.79. The molecular formula is C23H22N2O3S. The Morgan fingerprint density at radius 2 is 1.90 bits per heavy atom. The molecular weight excluding hydrogens is 384 g/mol. The van der Waals surface area contributed by atoms with E-state index in [2.05, 4.69) is 4.98 Å². The molecule has 0 radical (unpaired) electrons. The van der Waals surface area contributed by atoms with Crippen LogP contribution in [0.1, 0.15) is 35.5 Å². The maximum absolute atomic E-state index is 13.0. The SMILES string of the molecule is Cc1ccc(-c2nc(C(=O)O[C@@H](C)C(=O)N3c4ccccc4C[C@H]3C)cs2)cc1. The molecule has 0 saturated heterocycles. The van der Waals surface area contributed by atoms with E-state index in [1.807, 2.05) is 62.4 Å². The lowest BCUT2D eigenvalue weighted by atomic mass is 10.1. The molecule has 6 heteroatoms. The molecule has 1 aromatic heterocycles. The molecule has 1 aliphatic rings. The minimum atomic E-state index is -0.888. The fraction of sp³-hybridized carbons (Fsp3) is 0.261. The van der Waals surface area contributed by atoms with Crippen LogP contribution in [-0.4, -0.2) is 29.0 Å². The second-order valence-corrected chi connectivity index (χ2v) is 8.20. The number of aromatic nitrogens is 1. The molecule has 2 heterocycles. The van der Waals surface area contributed by atoms with Crippen LogP contribution in [0.3, 0.4) is 0 Å². The summed E-state index contributed by atoms with van der Waals surface area (Å²) < 4.78 is 5.46. The fourth-order valence-corrected chi connectivity index (χ4v) is 4.36. The molecule has 0 aliphatic carbocycles. The number of nitrogens with zero attached hydrogens (tertiary/aromatic N) is 2. The minimum Gasteiger partial charge on any atom is -0.448 e. The Kier molecular flexibility index (Phi) is 5.20. The van der Waals surface area contributed by atoms with Crippen LogP contribution in [0.4, 0.5) is 5.69 Å². The van der Waals surface area contributed by atoms with Crippen LogP contribution in [0.2, 0.25) is 0 Å². The number of hydrogen-bond donors (Lipinski definition) is 0. The Labute approximate surface area is 174 Å². The van der Waals surface area contributed by atoms with Gasteiger partial charge in [0.1, 0.15) is 5.01 Å². The van der Waals surface area contributed by atoms with Gasteiger partial charge in [-0.3, -0.25) is 4.79 Å². The smallest absolute Gasteiger partial charge is 0.358 e. The molecule has 2 aromatic carbocycles. The van der Waals surface area contributed by atoms with Crippen LogP contribution in [0.5, 0.6) is 0 Å². The van der Waals surface area contributed by atoms with Gasteiger partial charge in [-0.2, -0.15) is 0 Å². The van der Waals surface area contributed by atoms with Crippen LogP contribution in [0.15, 0.2) is 53.9 Å². The van der Waals surface area contributed by atoms with Crippen molar-refractivity contribution in [2.24, 2.45) is 0 Å². The van der Waals surface area contributed by atoms with E-state index < -0.39 is 12.1 Å². The second-order valence-electron chi connectivity index (χ2n) is 7.34. The van der Waals surface area contributed by atoms with Crippen LogP contribution < -0.4 is 4.90 Å². The molecule has 0 N–H and O–H groups in total. The van der Waals surface area contributed by atoms with E-state index in [1.165, 1.54) is 11.3 Å². The van der Waals surface area contributed by atoms with Gasteiger partial charge in [0.05, 0.1) is 0 Å². The maximum atomic E-state index is 13.0. The number of amides is 1. The summed E-state index contributed by atoms with van der Waals surface area (Å²) in [6, 6.07) is 15.8. The van der Waals surface area contributed by atoms with E-state index in [9.17, 15) is 9.59 Å². The van der Waals surface area contributed by atoms with Gasteiger partial charge in [-0.15, -0.1) is 11.3 Å². The van der Waals surface area contributed by atoms with Crippen molar-refractivity contribution < 1.29 is 14.3 Å². The number of rotatable bonds is 4. The zero-order chi connectivity index (χ0) is 20.5. The van der Waals surface area contributed by atoms with Crippen molar-refractivity contribution in [2.45, 2.75) is 39.3 Å². The average Bonchev–Trinajstić information content (AvgIpc) is 3.32. The summed E-state index contributed by atoms with van der Waals surface area (Å²) >= 11 is 1.38. The van der Waals surface area contributed by atoms with Gasteiger partial charge in [-0.05, 0) is 38.8 Å². The number of aryl methyl sites for hydroxylation is 1. The standard InChI is InChI=1S/C23H22N2O3S/c1-14-8-10-17(11-9-14)21-24-19(13-29-21)23(27)28-16(3)22(26)25-15(2)12-18-6-4-5-7-20(18)25/h4-11,13,15-16H,12H2,1-3H3/t15-,16+/m1/s1. The summed E-state index contributed by atoms with van der Waals surface area (Å²) in [5.74, 6) is -0.801. The quantitative estimate of drug-likeness (QED) is 0.592. The Balaban J connectivity index is 1.46. The first-order valence-electron chi connectivity index (χ1n) is 9.58. The Bertz CT molecular complexity index is 1060. The molecule has 2 atom stereocenters. The highest BCUT2D eigenvalue weighted by atomic mass is 32.1. The van der Waals surface area contributed by atoms with Crippen molar-refractivity contribution in [3.8, 4) is 10.6 Å². The molecule has 1 amide bonds. The number of carbonyl (C=O) groups is 2. The number of anilines is 1. The first kappa shape index (κ1) is 19.3. The molecule has 5 nitrogen and oxygen atoms in total. The normalized spacial score (nSPS) is 16.4. The first-order chi connectivity index (χ1) is 13.9. The zero-order valence-electron chi connectivity index (χ0n) is 16.6. The Hall–Kier alpha value is -2.99. The molecule has 0 unspecified atom stereocenters. The van der Waals surface area contributed by atoms with E-state index in [0.29, 0.717) is 0 Å². The van der Waals surface area contributed by atoms with E-state index in [4.69, 9.17) is 4.74 Å². The van der Waals surface area contributed by atoms with E-state index in [-0.39, 0.29) is 17.6 Å². The monoisotopic (exact) mass is 406 g/mol. The third-order valence-electron chi connectivity index (χ3n) is 5.09. The summed E-state index contributed by atoms with van der Waals surface area (Å²) in [6.07, 6.45) is -0.0881. The minimum absolute atomic E-state index is 0.0356. The number of para-hydroxylation sites is 1. The Morgan fingerprint density at radius 1 is 1.17 bits per heavy atom. The van der Waals surface area contributed by atoms with Crippen LogP contribution in [-0.2, 0) is 16.0 Å². The van der Waals surface area contributed by atoms with Gasteiger partial charge in [0, 0.05) is 22.7 Å². The molecule has 0 saturated carbocycles. The summed E-state index contributed by atoms with van der Waals surface area (Å²) in [5.41, 5.74) is 4.36. The number of fused-ring (bicyclic) bond motifs is 1. The lowest BCUT2D eigenvalue weighted by Gasteiger charge is -2.25. The van der Waals surface area contributed by atoms with Crippen LogP contribution in [0.25, 0.3) is 10.6 Å². The van der Waals surface area contributed by atoms with E-state index >= 15 is 0 Å². The number of hydrogen-bond acceptors (Lipinski definition) is 5. The molecule has 0 bridgehead atoms. The van der Waals surface area contributed by atoms with Crippen molar-refractivity contribution in [3.05, 3.63) is 70.7 Å². The van der Waals surface area contributed by atoms with Gasteiger partial charge in [-0.1, -0.05) is 48.0 Å². The molecule has 4 rings (SSSR count). The van der Waals surface area contributed by atoms with Gasteiger partial charge < -0.3 is 9.64 Å². The average molecular weight is 407 g/mol. The predicted octanol–water partition coefficient (Wildman–Crippen LogP) is 4.64. The van der Waals surface area contributed by atoms with Crippen molar-refractivity contribution in [3.63, 3.8) is 0 Å². The van der Waals surface area contributed by atoms with E-state index in [0.717, 1.165) is 33.8 Å². The summed E-state index contributed by atoms with van der Waals surface area (Å²) in [5, 5.41) is 2.42.